The second kappa shape index (κ2) is 9.41. The van der Waals surface area contributed by atoms with Gasteiger partial charge in [-0.25, -0.2) is 0 Å². The zero-order valence-electron chi connectivity index (χ0n) is 13.1. The molecule has 2 nitrogen and oxygen atoms in total. The summed E-state index contributed by atoms with van der Waals surface area (Å²) >= 11 is 0. The molecule has 2 heteroatoms. The van der Waals surface area contributed by atoms with E-state index in [1.807, 2.05) is 27.7 Å². The SMILES string of the molecule is CCCCCCCCC(C)OC(=O)C(C)(C)CC. The molecular formula is C16H32O2. The highest BCUT2D eigenvalue weighted by atomic mass is 16.5. The Kier molecular flexibility index (Phi) is 9.13. The van der Waals surface area contributed by atoms with Crippen molar-refractivity contribution in [2.45, 2.75) is 92.1 Å². The van der Waals surface area contributed by atoms with Crippen LogP contribution in [0.4, 0.5) is 0 Å². The molecule has 0 aromatic rings. The predicted molar refractivity (Wildman–Crippen MR) is 77.6 cm³/mol. The van der Waals surface area contributed by atoms with Crippen molar-refractivity contribution in [1.29, 1.82) is 0 Å². The van der Waals surface area contributed by atoms with Crippen LogP contribution in [0.5, 0.6) is 0 Å². The van der Waals surface area contributed by atoms with Crippen LogP contribution in [0.15, 0.2) is 0 Å². The Morgan fingerprint density at radius 3 is 2.17 bits per heavy atom. The summed E-state index contributed by atoms with van der Waals surface area (Å²) in [6, 6.07) is 0. The van der Waals surface area contributed by atoms with Crippen molar-refractivity contribution in [2.24, 2.45) is 5.41 Å². The highest BCUT2D eigenvalue weighted by Gasteiger charge is 2.28. The minimum absolute atomic E-state index is 0.0523. The molecule has 1 atom stereocenters. The molecule has 0 N–H and O–H groups in total. The first-order valence-electron chi connectivity index (χ1n) is 7.65. The Bertz CT molecular complexity index is 221. The van der Waals surface area contributed by atoms with Gasteiger partial charge in [0.1, 0.15) is 0 Å². The molecule has 108 valence electrons. The standard InChI is InChI=1S/C16H32O2/c1-6-8-9-10-11-12-13-14(3)18-15(17)16(4,5)7-2/h14H,6-13H2,1-5H3. The average molecular weight is 256 g/mol. The van der Waals surface area contributed by atoms with Crippen molar-refractivity contribution in [1.82, 2.24) is 0 Å². The molecule has 0 radical (unpaired) electrons. The number of rotatable bonds is 10. The van der Waals surface area contributed by atoms with Crippen LogP contribution in [0.25, 0.3) is 0 Å². The molecule has 0 aromatic heterocycles. The Balaban J connectivity index is 3.65. The molecule has 0 amide bonds. The van der Waals surface area contributed by atoms with Gasteiger partial charge in [0, 0.05) is 0 Å². The zero-order chi connectivity index (χ0) is 14.0. The van der Waals surface area contributed by atoms with Crippen LogP contribution in [-0.4, -0.2) is 12.1 Å². The van der Waals surface area contributed by atoms with E-state index in [9.17, 15) is 4.79 Å². The lowest BCUT2D eigenvalue weighted by molar-refractivity contribution is -0.159. The van der Waals surface area contributed by atoms with E-state index in [2.05, 4.69) is 6.92 Å². The maximum Gasteiger partial charge on any atom is 0.311 e. The van der Waals surface area contributed by atoms with Gasteiger partial charge < -0.3 is 4.74 Å². The minimum atomic E-state index is -0.338. The summed E-state index contributed by atoms with van der Waals surface area (Å²) in [4.78, 5) is 11.9. The smallest absolute Gasteiger partial charge is 0.311 e. The first kappa shape index (κ1) is 17.5. The van der Waals surface area contributed by atoms with Gasteiger partial charge in [0.2, 0.25) is 0 Å². The molecule has 0 fully saturated rings. The average Bonchev–Trinajstić information content (AvgIpc) is 2.33. The fourth-order valence-corrected chi connectivity index (χ4v) is 1.76. The molecule has 0 heterocycles. The van der Waals surface area contributed by atoms with Gasteiger partial charge in [-0.15, -0.1) is 0 Å². The van der Waals surface area contributed by atoms with Crippen molar-refractivity contribution >= 4 is 5.97 Å². The molecule has 0 saturated heterocycles. The van der Waals surface area contributed by atoms with Crippen molar-refractivity contribution in [3.63, 3.8) is 0 Å². The summed E-state index contributed by atoms with van der Waals surface area (Å²) in [6.07, 6.45) is 9.61. The predicted octanol–water partition coefficient (Wildman–Crippen LogP) is 5.10. The largest absolute Gasteiger partial charge is 0.462 e. The van der Waals surface area contributed by atoms with Gasteiger partial charge in [-0.05, 0) is 40.0 Å². The first-order valence-corrected chi connectivity index (χ1v) is 7.65. The topological polar surface area (TPSA) is 26.3 Å². The second-order valence-corrected chi connectivity index (χ2v) is 6.01. The molecular weight excluding hydrogens is 224 g/mol. The normalized spacial score (nSPS) is 13.4. The Morgan fingerprint density at radius 2 is 1.61 bits per heavy atom. The maximum absolute atomic E-state index is 11.9. The van der Waals surface area contributed by atoms with E-state index in [0.29, 0.717) is 0 Å². The molecule has 0 rings (SSSR count). The van der Waals surface area contributed by atoms with Crippen LogP contribution in [0, 0.1) is 5.41 Å². The third kappa shape index (κ3) is 7.73. The monoisotopic (exact) mass is 256 g/mol. The van der Waals surface area contributed by atoms with Crippen LogP contribution in [-0.2, 0) is 9.53 Å². The number of esters is 1. The summed E-state index contributed by atoms with van der Waals surface area (Å²) in [5, 5.41) is 0. The molecule has 0 saturated carbocycles. The van der Waals surface area contributed by atoms with Gasteiger partial charge in [0.05, 0.1) is 11.5 Å². The Hall–Kier alpha value is -0.530. The second-order valence-electron chi connectivity index (χ2n) is 6.01. The molecule has 0 bridgehead atoms. The van der Waals surface area contributed by atoms with Crippen molar-refractivity contribution < 1.29 is 9.53 Å². The number of hydrogen-bond donors (Lipinski definition) is 0. The van der Waals surface area contributed by atoms with E-state index in [1.165, 1.54) is 38.5 Å². The van der Waals surface area contributed by atoms with Crippen LogP contribution < -0.4 is 0 Å². The number of ether oxygens (including phenoxy) is 1. The van der Waals surface area contributed by atoms with Gasteiger partial charge in [-0.2, -0.15) is 0 Å². The molecule has 0 aliphatic rings. The lowest BCUT2D eigenvalue weighted by atomic mass is 9.90. The van der Waals surface area contributed by atoms with Crippen LogP contribution in [0.3, 0.4) is 0 Å². The van der Waals surface area contributed by atoms with E-state index >= 15 is 0 Å². The van der Waals surface area contributed by atoms with Crippen LogP contribution in [0.2, 0.25) is 0 Å². The molecule has 0 aromatic carbocycles. The molecule has 0 spiro atoms. The lowest BCUT2D eigenvalue weighted by Gasteiger charge is -2.23. The van der Waals surface area contributed by atoms with E-state index < -0.39 is 0 Å². The van der Waals surface area contributed by atoms with Gasteiger partial charge in [0.25, 0.3) is 0 Å². The third-order valence-corrected chi connectivity index (χ3v) is 3.71. The summed E-state index contributed by atoms with van der Waals surface area (Å²) < 4.78 is 5.49. The van der Waals surface area contributed by atoms with Crippen molar-refractivity contribution in [3.8, 4) is 0 Å². The number of carbonyl (C=O) groups is 1. The van der Waals surface area contributed by atoms with Crippen molar-refractivity contribution in [3.05, 3.63) is 0 Å². The van der Waals surface area contributed by atoms with E-state index in [-0.39, 0.29) is 17.5 Å². The van der Waals surface area contributed by atoms with E-state index in [1.54, 1.807) is 0 Å². The fourth-order valence-electron chi connectivity index (χ4n) is 1.76. The highest BCUT2D eigenvalue weighted by Crippen LogP contribution is 2.23. The summed E-state index contributed by atoms with van der Waals surface area (Å²) in [7, 11) is 0. The first-order chi connectivity index (χ1) is 8.44. The molecule has 18 heavy (non-hydrogen) atoms. The number of hydrogen-bond acceptors (Lipinski definition) is 2. The van der Waals surface area contributed by atoms with Crippen LogP contribution >= 0.6 is 0 Å². The summed E-state index contributed by atoms with van der Waals surface area (Å²) in [6.45, 7) is 10.2. The summed E-state index contributed by atoms with van der Waals surface area (Å²) in [5.74, 6) is -0.0523. The summed E-state index contributed by atoms with van der Waals surface area (Å²) in [5.41, 5.74) is -0.338. The maximum atomic E-state index is 11.9. The minimum Gasteiger partial charge on any atom is -0.462 e. The zero-order valence-corrected chi connectivity index (χ0v) is 13.1. The number of unbranched alkanes of at least 4 members (excludes halogenated alkanes) is 5. The lowest BCUT2D eigenvalue weighted by Crippen LogP contribution is -2.29. The van der Waals surface area contributed by atoms with Gasteiger partial charge in [-0.3, -0.25) is 4.79 Å². The number of carbonyl (C=O) groups excluding carboxylic acids is 1. The third-order valence-electron chi connectivity index (χ3n) is 3.71. The van der Waals surface area contributed by atoms with Crippen LogP contribution in [0.1, 0.15) is 86.0 Å². The molecule has 1 unspecified atom stereocenters. The Morgan fingerprint density at radius 1 is 1.06 bits per heavy atom. The van der Waals surface area contributed by atoms with E-state index in [4.69, 9.17) is 4.74 Å². The highest BCUT2D eigenvalue weighted by molar-refractivity contribution is 5.75. The van der Waals surface area contributed by atoms with Gasteiger partial charge in [-0.1, -0.05) is 46.0 Å². The fraction of sp³-hybridized carbons (Fsp3) is 0.938. The van der Waals surface area contributed by atoms with E-state index in [0.717, 1.165) is 12.8 Å². The van der Waals surface area contributed by atoms with Gasteiger partial charge in [0.15, 0.2) is 0 Å². The van der Waals surface area contributed by atoms with Crippen molar-refractivity contribution in [2.75, 3.05) is 0 Å². The molecule has 0 aliphatic heterocycles. The Labute approximate surface area is 113 Å². The quantitative estimate of drug-likeness (QED) is 0.401. The van der Waals surface area contributed by atoms with Gasteiger partial charge >= 0.3 is 5.97 Å². The molecule has 0 aliphatic carbocycles.